The van der Waals surface area contributed by atoms with E-state index in [1.165, 1.54) is 12.8 Å². The molecule has 1 saturated carbocycles. The summed E-state index contributed by atoms with van der Waals surface area (Å²) in [7, 11) is 0. The fourth-order valence-corrected chi connectivity index (χ4v) is 3.53. The lowest BCUT2D eigenvalue weighted by Crippen LogP contribution is -2.52. The predicted octanol–water partition coefficient (Wildman–Crippen LogP) is 2.80. The van der Waals surface area contributed by atoms with Gasteiger partial charge < -0.3 is 14.9 Å². The monoisotopic (exact) mass is 296 g/mol. The molecule has 120 valence electrons. The molecule has 5 heteroatoms. The topological polar surface area (TPSA) is 60.9 Å². The number of hydrogen-bond donors (Lipinski definition) is 1. The van der Waals surface area contributed by atoms with Crippen LogP contribution in [-0.2, 0) is 4.79 Å². The molecule has 21 heavy (non-hydrogen) atoms. The number of hydrogen-bond acceptors (Lipinski definition) is 2. The molecule has 0 unspecified atom stereocenters. The van der Waals surface area contributed by atoms with Crippen molar-refractivity contribution in [1.29, 1.82) is 0 Å². The van der Waals surface area contributed by atoms with Crippen molar-refractivity contribution in [3.63, 3.8) is 0 Å². The van der Waals surface area contributed by atoms with Crippen LogP contribution in [-0.4, -0.2) is 52.6 Å². The largest absolute Gasteiger partial charge is 0.481 e. The Morgan fingerprint density at radius 3 is 2.43 bits per heavy atom. The van der Waals surface area contributed by atoms with Crippen molar-refractivity contribution in [2.24, 2.45) is 11.8 Å². The molecule has 5 nitrogen and oxygen atoms in total. The molecule has 2 amide bonds. The lowest BCUT2D eigenvalue weighted by atomic mass is 9.98. The number of aliphatic carboxylic acids is 1. The van der Waals surface area contributed by atoms with E-state index in [1.54, 1.807) is 4.90 Å². The van der Waals surface area contributed by atoms with Crippen LogP contribution in [0.3, 0.4) is 0 Å². The number of urea groups is 1. The summed E-state index contributed by atoms with van der Waals surface area (Å²) in [4.78, 5) is 27.8. The van der Waals surface area contributed by atoms with Crippen molar-refractivity contribution >= 4 is 12.0 Å². The zero-order chi connectivity index (χ0) is 15.4. The van der Waals surface area contributed by atoms with Crippen molar-refractivity contribution in [2.45, 2.75) is 58.4 Å². The zero-order valence-corrected chi connectivity index (χ0v) is 13.3. The average Bonchev–Trinajstić information content (AvgIpc) is 2.98. The van der Waals surface area contributed by atoms with Gasteiger partial charge in [-0.05, 0) is 31.6 Å². The lowest BCUT2D eigenvalue weighted by molar-refractivity contribution is -0.143. The first-order chi connectivity index (χ1) is 9.99. The number of carbonyl (C=O) groups is 2. The Kier molecular flexibility index (Phi) is 5.48. The summed E-state index contributed by atoms with van der Waals surface area (Å²) in [6.45, 7) is 6.11. The highest BCUT2D eigenvalue weighted by Crippen LogP contribution is 2.27. The van der Waals surface area contributed by atoms with Gasteiger partial charge in [0.15, 0.2) is 0 Å². The highest BCUT2D eigenvalue weighted by atomic mass is 16.4. The maximum absolute atomic E-state index is 12.8. The SMILES string of the molecule is CC(C)CN(C(=O)N1CCC[C@H](C(=O)O)C1)C1CCCC1. The van der Waals surface area contributed by atoms with E-state index in [9.17, 15) is 14.7 Å². The van der Waals surface area contributed by atoms with Crippen molar-refractivity contribution < 1.29 is 14.7 Å². The molecule has 0 aromatic rings. The molecule has 0 aromatic carbocycles. The van der Waals surface area contributed by atoms with E-state index in [0.717, 1.165) is 25.8 Å². The molecule has 2 fully saturated rings. The standard InChI is InChI=1S/C16H28N2O3/c1-12(2)10-18(14-7-3-4-8-14)16(21)17-9-5-6-13(11-17)15(19)20/h12-14H,3-11H2,1-2H3,(H,19,20)/t13-/m0/s1. The second-order valence-corrected chi connectivity index (χ2v) is 6.89. The molecule has 0 aromatic heterocycles. The molecular weight excluding hydrogens is 268 g/mol. The van der Waals surface area contributed by atoms with Crippen LogP contribution in [0.4, 0.5) is 4.79 Å². The summed E-state index contributed by atoms with van der Waals surface area (Å²) >= 11 is 0. The number of likely N-dealkylation sites (tertiary alicyclic amines) is 1. The first-order valence-electron chi connectivity index (χ1n) is 8.27. The Morgan fingerprint density at radius 1 is 1.19 bits per heavy atom. The first-order valence-corrected chi connectivity index (χ1v) is 8.27. The van der Waals surface area contributed by atoms with E-state index in [1.807, 2.05) is 4.90 Å². The van der Waals surface area contributed by atoms with Gasteiger partial charge in [0.1, 0.15) is 0 Å². The summed E-state index contributed by atoms with van der Waals surface area (Å²) in [5.74, 6) is -0.731. The number of nitrogens with zero attached hydrogens (tertiary/aromatic N) is 2. The van der Waals surface area contributed by atoms with E-state index in [4.69, 9.17) is 0 Å². The van der Waals surface area contributed by atoms with Gasteiger partial charge in [-0.15, -0.1) is 0 Å². The summed E-state index contributed by atoms with van der Waals surface area (Å²) in [6.07, 6.45) is 6.06. The van der Waals surface area contributed by atoms with Gasteiger partial charge in [0.05, 0.1) is 5.92 Å². The molecule has 1 aliphatic carbocycles. The Labute approximate surface area is 127 Å². The summed E-state index contributed by atoms with van der Waals surface area (Å²) in [5, 5.41) is 9.18. The minimum absolute atomic E-state index is 0.0570. The van der Waals surface area contributed by atoms with Crippen LogP contribution in [0.25, 0.3) is 0 Å². The van der Waals surface area contributed by atoms with Crippen LogP contribution >= 0.6 is 0 Å². The Bertz CT molecular complexity index is 378. The fourth-order valence-electron chi connectivity index (χ4n) is 3.53. The first kappa shape index (κ1) is 16.1. The Hall–Kier alpha value is -1.26. The third kappa shape index (κ3) is 4.11. The normalized spacial score (nSPS) is 23.6. The van der Waals surface area contributed by atoms with Gasteiger partial charge in [0.2, 0.25) is 0 Å². The predicted molar refractivity (Wildman–Crippen MR) is 81.1 cm³/mol. The third-order valence-corrected chi connectivity index (χ3v) is 4.61. The maximum atomic E-state index is 12.8. The van der Waals surface area contributed by atoms with Crippen molar-refractivity contribution in [2.75, 3.05) is 19.6 Å². The molecular formula is C16H28N2O3. The van der Waals surface area contributed by atoms with Gasteiger partial charge in [-0.2, -0.15) is 0 Å². The van der Waals surface area contributed by atoms with E-state index in [2.05, 4.69) is 13.8 Å². The maximum Gasteiger partial charge on any atom is 0.320 e. The molecule has 1 aliphatic heterocycles. The molecule has 0 spiro atoms. The van der Waals surface area contributed by atoms with Crippen LogP contribution in [0.5, 0.6) is 0 Å². The molecule has 1 heterocycles. The van der Waals surface area contributed by atoms with Crippen LogP contribution in [0.1, 0.15) is 52.4 Å². The number of carboxylic acid groups (broad SMARTS) is 1. The van der Waals surface area contributed by atoms with Crippen LogP contribution in [0.15, 0.2) is 0 Å². The van der Waals surface area contributed by atoms with E-state index in [-0.39, 0.29) is 6.03 Å². The van der Waals surface area contributed by atoms with Gasteiger partial charge in [-0.1, -0.05) is 26.7 Å². The minimum Gasteiger partial charge on any atom is -0.481 e. The number of piperidine rings is 1. The summed E-state index contributed by atoms with van der Waals surface area (Å²) in [5.41, 5.74) is 0. The van der Waals surface area contributed by atoms with Crippen molar-refractivity contribution in [3.8, 4) is 0 Å². The van der Waals surface area contributed by atoms with E-state index < -0.39 is 11.9 Å². The number of amides is 2. The second kappa shape index (κ2) is 7.14. The average molecular weight is 296 g/mol. The lowest BCUT2D eigenvalue weighted by Gasteiger charge is -2.38. The Balaban J connectivity index is 2.04. The highest BCUT2D eigenvalue weighted by molar-refractivity contribution is 5.77. The number of rotatable bonds is 4. The van der Waals surface area contributed by atoms with Crippen molar-refractivity contribution in [3.05, 3.63) is 0 Å². The van der Waals surface area contributed by atoms with Gasteiger partial charge in [-0.25, -0.2) is 4.79 Å². The quantitative estimate of drug-likeness (QED) is 0.867. The molecule has 0 bridgehead atoms. The molecule has 1 atom stereocenters. The third-order valence-electron chi connectivity index (χ3n) is 4.61. The van der Waals surface area contributed by atoms with Gasteiger partial charge in [0.25, 0.3) is 0 Å². The molecule has 2 rings (SSSR count). The molecule has 1 N–H and O–H groups in total. The second-order valence-electron chi connectivity index (χ2n) is 6.89. The fraction of sp³-hybridized carbons (Fsp3) is 0.875. The molecule has 1 saturated heterocycles. The van der Waals surface area contributed by atoms with E-state index in [0.29, 0.717) is 31.5 Å². The summed E-state index contributed by atoms with van der Waals surface area (Å²) in [6, 6.07) is 0.409. The van der Waals surface area contributed by atoms with Crippen molar-refractivity contribution in [1.82, 2.24) is 9.80 Å². The molecule has 0 radical (unpaired) electrons. The van der Waals surface area contributed by atoms with E-state index >= 15 is 0 Å². The number of carboxylic acids is 1. The Morgan fingerprint density at radius 2 is 1.86 bits per heavy atom. The zero-order valence-electron chi connectivity index (χ0n) is 13.3. The minimum atomic E-state index is -0.774. The highest BCUT2D eigenvalue weighted by Gasteiger charge is 2.34. The number of carbonyl (C=O) groups excluding carboxylic acids is 1. The van der Waals surface area contributed by atoms with Crippen LogP contribution in [0, 0.1) is 11.8 Å². The van der Waals surface area contributed by atoms with Gasteiger partial charge in [-0.3, -0.25) is 4.79 Å². The van der Waals surface area contributed by atoms with Crippen LogP contribution in [0.2, 0.25) is 0 Å². The van der Waals surface area contributed by atoms with Crippen LogP contribution < -0.4 is 0 Å². The van der Waals surface area contributed by atoms with Gasteiger partial charge in [0, 0.05) is 25.7 Å². The smallest absolute Gasteiger partial charge is 0.320 e. The summed E-state index contributed by atoms with van der Waals surface area (Å²) < 4.78 is 0. The van der Waals surface area contributed by atoms with Gasteiger partial charge >= 0.3 is 12.0 Å². The molecule has 2 aliphatic rings.